The molecule has 4 heteroatoms. The van der Waals surface area contributed by atoms with Crippen LogP contribution in [0.3, 0.4) is 0 Å². The smallest absolute Gasteiger partial charge is 0.125 e. The van der Waals surface area contributed by atoms with Gasteiger partial charge in [0.15, 0.2) is 0 Å². The topological polar surface area (TPSA) is 25.8 Å². The maximum atomic E-state index is 5.09. The fourth-order valence-corrected chi connectivity index (χ4v) is 7.78. The Hall–Kier alpha value is -4.38. The third kappa shape index (κ3) is 3.75. The first-order valence-corrected chi connectivity index (χ1v) is 15.1. The van der Waals surface area contributed by atoms with Crippen LogP contribution in [0, 0.1) is 13.8 Å². The molecular weight excluding hydrogens is 525 g/mol. The van der Waals surface area contributed by atoms with E-state index in [4.69, 9.17) is 4.98 Å². The van der Waals surface area contributed by atoms with Crippen LogP contribution in [0.15, 0.2) is 109 Å². The molecule has 2 heterocycles. The number of fused-ring (bicyclic) bond motifs is 4. The van der Waals surface area contributed by atoms with Gasteiger partial charge in [0.25, 0.3) is 0 Å². The molecule has 0 radical (unpaired) electrons. The lowest BCUT2D eigenvalue weighted by Crippen LogP contribution is -1.90. The van der Waals surface area contributed by atoms with E-state index in [0.29, 0.717) is 0 Å². The number of hydrogen-bond donors (Lipinski definition) is 0. The summed E-state index contributed by atoms with van der Waals surface area (Å²) < 4.78 is 2.46. The molecule has 0 aliphatic rings. The molecular formula is C36H24N2S2. The zero-order valence-electron chi connectivity index (χ0n) is 22.1. The molecule has 0 bridgehead atoms. The van der Waals surface area contributed by atoms with Crippen LogP contribution in [-0.2, 0) is 0 Å². The predicted molar refractivity (Wildman–Crippen MR) is 174 cm³/mol. The van der Waals surface area contributed by atoms with Crippen molar-refractivity contribution >= 4 is 64.7 Å². The summed E-state index contributed by atoms with van der Waals surface area (Å²) in [5.74, 6) is 0. The van der Waals surface area contributed by atoms with Crippen molar-refractivity contribution in [2.45, 2.75) is 13.8 Å². The molecule has 0 saturated heterocycles. The highest BCUT2D eigenvalue weighted by atomic mass is 32.1. The monoisotopic (exact) mass is 548 g/mol. The van der Waals surface area contributed by atoms with Crippen molar-refractivity contribution in [3.63, 3.8) is 0 Å². The third-order valence-corrected chi connectivity index (χ3v) is 9.55. The quantitative estimate of drug-likeness (QED) is 0.205. The van der Waals surface area contributed by atoms with Crippen molar-refractivity contribution in [2.24, 2.45) is 0 Å². The van der Waals surface area contributed by atoms with Gasteiger partial charge in [0, 0.05) is 16.5 Å². The highest BCUT2D eigenvalue weighted by Gasteiger charge is 2.17. The van der Waals surface area contributed by atoms with Crippen LogP contribution >= 0.6 is 22.7 Å². The molecule has 6 aromatic carbocycles. The van der Waals surface area contributed by atoms with Gasteiger partial charge in [-0.2, -0.15) is 0 Å². The Morgan fingerprint density at radius 2 is 1.43 bits per heavy atom. The number of nitrogens with zero attached hydrogens (tertiary/aromatic N) is 2. The Morgan fingerprint density at radius 1 is 0.625 bits per heavy atom. The Morgan fingerprint density at radius 3 is 2.33 bits per heavy atom. The van der Waals surface area contributed by atoms with Crippen molar-refractivity contribution < 1.29 is 0 Å². The van der Waals surface area contributed by atoms with Crippen molar-refractivity contribution in [3.8, 4) is 32.8 Å². The third-order valence-electron chi connectivity index (χ3n) is 7.73. The molecule has 2 nitrogen and oxygen atoms in total. The van der Waals surface area contributed by atoms with Gasteiger partial charge < -0.3 is 0 Å². The summed E-state index contributed by atoms with van der Waals surface area (Å²) in [5.41, 5.74) is 12.6. The molecule has 190 valence electrons. The first-order valence-electron chi connectivity index (χ1n) is 13.4. The molecule has 0 unspecified atom stereocenters. The van der Waals surface area contributed by atoms with Gasteiger partial charge in [-0.15, -0.1) is 22.7 Å². The van der Waals surface area contributed by atoms with Crippen LogP contribution in [0.1, 0.15) is 11.1 Å². The highest BCUT2D eigenvalue weighted by Crippen LogP contribution is 2.43. The van der Waals surface area contributed by atoms with Gasteiger partial charge in [0.1, 0.15) is 5.01 Å². The predicted octanol–water partition coefficient (Wildman–Crippen LogP) is 10.8. The van der Waals surface area contributed by atoms with Crippen LogP contribution in [0.2, 0.25) is 0 Å². The summed E-state index contributed by atoms with van der Waals surface area (Å²) in [6.07, 6.45) is 0. The Labute approximate surface area is 240 Å². The van der Waals surface area contributed by atoms with E-state index in [1.54, 1.807) is 22.7 Å². The minimum Gasteiger partial charge on any atom is -0.244 e. The average molecular weight is 549 g/mol. The van der Waals surface area contributed by atoms with Crippen LogP contribution in [0.5, 0.6) is 0 Å². The lowest BCUT2D eigenvalue weighted by atomic mass is 9.89. The van der Waals surface area contributed by atoms with Gasteiger partial charge in [-0.05, 0) is 88.2 Å². The minimum atomic E-state index is 1.06. The SMILES string of the molecule is Cc1ccc2nc(-c3cccc4cc5ccccc5c(-c5ccc(-c6cc(C)cc7scnc67)cc5)c34)sc2c1. The molecule has 0 aliphatic carbocycles. The second-order valence-electron chi connectivity index (χ2n) is 10.5. The summed E-state index contributed by atoms with van der Waals surface area (Å²) in [6.45, 7) is 4.30. The van der Waals surface area contributed by atoms with Gasteiger partial charge in [0.2, 0.25) is 0 Å². The normalized spacial score (nSPS) is 11.8. The van der Waals surface area contributed by atoms with E-state index >= 15 is 0 Å². The summed E-state index contributed by atoms with van der Waals surface area (Å²) in [6, 6.07) is 37.7. The van der Waals surface area contributed by atoms with E-state index in [-0.39, 0.29) is 0 Å². The van der Waals surface area contributed by atoms with Gasteiger partial charge in [-0.3, -0.25) is 0 Å². The molecule has 0 fully saturated rings. The molecule has 0 N–H and O–H groups in total. The molecule has 0 spiro atoms. The highest BCUT2D eigenvalue weighted by molar-refractivity contribution is 7.21. The number of rotatable bonds is 3. The molecule has 0 saturated carbocycles. The average Bonchev–Trinajstić information content (AvgIpc) is 3.62. The fraction of sp³-hybridized carbons (Fsp3) is 0.0556. The summed E-state index contributed by atoms with van der Waals surface area (Å²) >= 11 is 3.47. The second-order valence-corrected chi connectivity index (χ2v) is 12.4. The molecule has 0 atom stereocenters. The van der Waals surface area contributed by atoms with E-state index in [1.165, 1.54) is 69.9 Å². The number of hydrogen-bond acceptors (Lipinski definition) is 4. The maximum Gasteiger partial charge on any atom is 0.125 e. The molecule has 2 aromatic heterocycles. The molecule has 0 aliphatic heterocycles. The van der Waals surface area contributed by atoms with Crippen molar-refractivity contribution in [1.82, 2.24) is 9.97 Å². The largest absolute Gasteiger partial charge is 0.244 e. The zero-order valence-corrected chi connectivity index (χ0v) is 23.7. The second kappa shape index (κ2) is 9.09. The van der Waals surface area contributed by atoms with E-state index in [0.717, 1.165) is 16.0 Å². The lowest BCUT2D eigenvalue weighted by molar-refractivity contribution is 1.45. The van der Waals surface area contributed by atoms with Crippen molar-refractivity contribution in [2.75, 3.05) is 0 Å². The summed E-state index contributed by atoms with van der Waals surface area (Å²) in [7, 11) is 0. The van der Waals surface area contributed by atoms with Crippen LogP contribution in [0.25, 0.3) is 74.8 Å². The van der Waals surface area contributed by atoms with E-state index < -0.39 is 0 Å². The zero-order chi connectivity index (χ0) is 26.8. The molecule has 40 heavy (non-hydrogen) atoms. The molecule has 0 amide bonds. The standard InChI is InChI=1S/C36H24N2S2/c1-21-10-15-30-31(17-21)40-36(38-30)28-9-5-7-26-19-25-6-3-4-8-27(25)33(34(26)28)24-13-11-23(12-14-24)29-16-22(2)18-32-35(29)37-20-39-32/h3-20H,1-2H3. The first kappa shape index (κ1) is 23.5. The van der Waals surface area contributed by atoms with Crippen LogP contribution in [0.4, 0.5) is 0 Å². The number of thiazole rings is 2. The van der Waals surface area contributed by atoms with Gasteiger partial charge in [-0.1, -0.05) is 72.8 Å². The van der Waals surface area contributed by atoms with E-state index in [9.17, 15) is 0 Å². The lowest BCUT2D eigenvalue weighted by Gasteiger charge is -2.15. The van der Waals surface area contributed by atoms with Gasteiger partial charge in [0.05, 0.1) is 25.9 Å². The number of benzene rings is 6. The molecule has 8 aromatic rings. The van der Waals surface area contributed by atoms with E-state index in [2.05, 4.69) is 122 Å². The Balaban J connectivity index is 1.38. The number of aromatic nitrogens is 2. The minimum absolute atomic E-state index is 1.06. The van der Waals surface area contributed by atoms with Crippen molar-refractivity contribution in [3.05, 3.63) is 120 Å². The van der Waals surface area contributed by atoms with Crippen LogP contribution in [-0.4, -0.2) is 9.97 Å². The molecule has 8 rings (SSSR count). The van der Waals surface area contributed by atoms with Gasteiger partial charge >= 0.3 is 0 Å². The van der Waals surface area contributed by atoms with Crippen LogP contribution < -0.4 is 0 Å². The maximum absolute atomic E-state index is 5.09. The summed E-state index contributed by atoms with van der Waals surface area (Å²) in [4.78, 5) is 9.77. The number of aryl methyl sites for hydroxylation is 2. The van der Waals surface area contributed by atoms with E-state index in [1.807, 2.05) is 5.51 Å². The van der Waals surface area contributed by atoms with Gasteiger partial charge in [-0.25, -0.2) is 9.97 Å². The first-order chi connectivity index (χ1) is 19.6. The summed E-state index contributed by atoms with van der Waals surface area (Å²) in [5, 5.41) is 6.04. The Bertz CT molecular complexity index is 2240. The van der Waals surface area contributed by atoms with Crippen molar-refractivity contribution in [1.29, 1.82) is 0 Å². The Kier molecular flexibility index (Phi) is 5.34. The fourth-order valence-electron chi connectivity index (χ4n) is 5.89.